The number of halogens is 3. The van der Waals surface area contributed by atoms with Crippen LogP contribution in [0.15, 0.2) is 5.16 Å². The Hall–Kier alpha value is -0.980. The van der Waals surface area contributed by atoms with Crippen molar-refractivity contribution in [3.05, 3.63) is 0 Å². The van der Waals surface area contributed by atoms with Gasteiger partial charge in [-0.05, 0) is 12.8 Å². The van der Waals surface area contributed by atoms with Crippen molar-refractivity contribution in [1.29, 1.82) is 0 Å². The van der Waals surface area contributed by atoms with Crippen LogP contribution in [-0.4, -0.2) is 30.4 Å². The fourth-order valence-electron chi connectivity index (χ4n) is 1.22. The maximum Gasteiger partial charge on any atom is 0.411 e. The Bertz CT molecular complexity index is 252. The van der Waals surface area contributed by atoms with Crippen molar-refractivity contribution in [3.8, 4) is 0 Å². The van der Waals surface area contributed by atoms with Gasteiger partial charge in [0.25, 0.3) is 0 Å². The molecule has 102 valence electrons. The number of hydrogen-bond acceptors (Lipinski definition) is 3. The van der Waals surface area contributed by atoms with Crippen LogP contribution in [0, 0.1) is 5.41 Å². The van der Waals surface area contributed by atoms with Gasteiger partial charge in [0.15, 0.2) is 0 Å². The number of alkyl halides is 3. The Morgan fingerprint density at radius 3 is 2.35 bits per heavy atom. The molecule has 0 unspecified atom stereocenters. The summed E-state index contributed by atoms with van der Waals surface area (Å²) in [5.74, 6) is 0.119. The van der Waals surface area contributed by atoms with Crippen molar-refractivity contribution >= 4 is 5.84 Å². The molecule has 0 rings (SSSR count). The summed E-state index contributed by atoms with van der Waals surface area (Å²) in [4.78, 5) is 0. The first-order valence-corrected chi connectivity index (χ1v) is 5.31. The zero-order valence-electron chi connectivity index (χ0n) is 10.0. The Kier molecular flexibility index (Phi) is 6.30. The third kappa shape index (κ3) is 7.84. The van der Waals surface area contributed by atoms with E-state index >= 15 is 0 Å². The number of oxime groups is 1. The molecule has 3 N–H and O–H groups in total. The van der Waals surface area contributed by atoms with Crippen LogP contribution in [0.2, 0.25) is 0 Å². The van der Waals surface area contributed by atoms with Crippen LogP contribution >= 0.6 is 0 Å². The monoisotopic (exact) mass is 256 g/mol. The molecule has 0 aromatic rings. The van der Waals surface area contributed by atoms with Crippen molar-refractivity contribution < 1.29 is 23.1 Å². The largest absolute Gasteiger partial charge is 0.411 e. The van der Waals surface area contributed by atoms with E-state index < -0.39 is 18.2 Å². The predicted molar refractivity (Wildman–Crippen MR) is 57.9 cm³/mol. The van der Waals surface area contributed by atoms with Gasteiger partial charge in [-0.3, -0.25) is 0 Å². The van der Waals surface area contributed by atoms with Crippen LogP contribution in [-0.2, 0) is 4.74 Å². The van der Waals surface area contributed by atoms with Gasteiger partial charge in [0, 0.05) is 12.0 Å². The molecule has 0 saturated heterocycles. The number of nitrogens with zero attached hydrogens (tertiary/aromatic N) is 1. The zero-order valence-corrected chi connectivity index (χ0v) is 10.0. The molecule has 0 fully saturated rings. The van der Waals surface area contributed by atoms with E-state index in [1.807, 2.05) is 0 Å². The second-order valence-corrected chi connectivity index (χ2v) is 4.49. The molecule has 0 heterocycles. The van der Waals surface area contributed by atoms with Crippen LogP contribution < -0.4 is 5.73 Å². The lowest BCUT2D eigenvalue weighted by molar-refractivity contribution is -0.174. The SMILES string of the molecule is CC(C)(CCCCOCC(F)(F)F)C(N)=NO. The topological polar surface area (TPSA) is 67.8 Å². The summed E-state index contributed by atoms with van der Waals surface area (Å²) in [6, 6.07) is 0. The van der Waals surface area contributed by atoms with Crippen molar-refractivity contribution in [2.75, 3.05) is 13.2 Å². The molecule has 0 aliphatic rings. The minimum atomic E-state index is -4.27. The maximum atomic E-state index is 11.7. The predicted octanol–water partition coefficient (Wildman–Crippen LogP) is 2.51. The molecular weight excluding hydrogens is 237 g/mol. The van der Waals surface area contributed by atoms with Crippen molar-refractivity contribution in [1.82, 2.24) is 0 Å². The van der Waals surface area contributed by atoms with E-state index in [1.54, 1.807) is 13.8 Å². The van der Waals surface area contributed by atoms with E-state index in [9.17, 15) is 13.2 Å². The number of ether oxygens (including phenoxy) is 1. The minimum absolute atomic E-state index is 0.0613. The van der Waals surface area contributed by atoms with Crippen LogP contribution in [0.25, 0.3) is 0 Å². The summed E-state index contributed by atoms with van der Waals surface area (Å²) in [5, 5.41) is 11.4. The first-order valence-electron chi connectivity index (χ1n) is 5.31. The van der Waals surface area contributed by atoms with Crippen molar-refractivity contribution in [2.24, 2.45) is 16.3 Å². The number of nitrogens with two attached hydrogens (primary N) is 1. The average Bonchev–Trinajstić information content (AvgIpc) is 2.20. The quantitative estimate of drug-likeness (QED) is 0.242. The smallest absolute Gasteiger partial charge is 0.409 e. The Balaban J connectivity index is 3.65. The van der Waals surface area contributed by atoms with Crippen molar-refractivity contribution in [2.45, 2.75) is 39.3 Å². The van der Waals surface area contributed by atoms with Gasteiger partial charge in [-0.25, -0.2) is 0 Å². The third-order valence-electron chi connectivity index (χ3n) is 2.41. The second-order valence-electron chi connectivity index (χ2n) is 4.49. The summed E-state index contributed by atoms with van der Waals surface area (Å²) in [7, 11) is 0. The normalized spacial score (nSPS) is 14.1. The van der Waals surface area contributed by atoms with E-state index in [4.69, 9.17) is 10.9 Å². The number of rotatable bonds is 7. The molecule has 0 radical (unpaired) electrons. The fraction of sp³-hybridized carbons (Fsp3) is 0.900. The van der Waals surface area contributed by atoms with Gasteiger partial charge in [-0.15, -0.1) is 0 Å². The molecule has 0 aromatic carbocycles. The van der Waals surface area contributed by atoms with E-state index in [1.165, 1.54) is 0 Å². The van der Waals surface area contributed by atoms with Gasteiger partial charge in [-0.1, -0.05) is 25.4 Å². The van der Waals surface area contributed by atoms with E-state index in [0.29, 0.717) is 19.3 Å². The summed E-state index contributed by atoms with van der Waals surface area (Å²) in [5.41, 5.74) is 5.01. The van der Waals surface area contributed by atoms with Crippen LogP contribution in [0.3, 0.4) is 0 Å². The standard InChI is InChI=1S/C10H19F3N2O2/c1-9(2,8(14)15-16)5-3-4-6-17-7-10(11,12)13/h16H,3-7H2,1-2H3,(H2,14,15). The second kappa shape index (κ2) is 6.68. The van der Waals surface area contributed by atoms with Gasteiger partial charge >= 0.3 is 6.18 Å². The molecular formula is C10H19F3N2O2. The van der Waals surface area contributed by atoms with Gasteiger partial charge in [0.1, 0.15) is 12.4 Å². The molecule has 4 nitrogen and oxygen atoms in total. The molecule has 0 spiro atoms. The van der Waals surface area contributed by atoms with E-state index in [-0.39, 0.29) is 12.4 Å². The molecule has 0 saturated carbocycles. The van der Waals surface area contributed by atoms with Crippen LogP contribution in [0.1, 0.15) is 33.1 Å². The highest BCUT2D eigenvalue weighted by atomic mass is 19.4. The lowest BCUT2D eigenvalue weighted by atomic mass is 9.86. The number of unbranched alkanes of at least 4 members (excludes halogenated alkanes) is 1. The molecule has 0 bridgehead atoms. The first kappa shape index (κ1) is 16.0. The average molecular weight is 256 g/mol. The third-order valence-corrected chi connectivity index (χ3v) is 2.41. The summed E-state index contributed by atoms with van der Waals surface area (Å²) in [6.45, 7) is 2.46. The van der Waals surface area contributed by atoms with Gasteiger partial charge < -0.3 is 15.7 Å². The van der Waals surface area contributed by atoms with Gasteiger partial charge in [0.05, 0.1) is 0 Å². The van der Waals surface area contributed by atoms with Crippen molar-refractivity contribution in [3.63, 3.8) is 0 Å². The van der Waals surface area contributed by atoms with Gasteiger partial charge in [0.2, 0.25) is 0 Å². The highest BCUT2D eigenvalue weighted by molar-refractivity contribution is 5.85. The maximum absolute atomic E-state index is 11.7. The molecule has 0 amide bonds. The van der Waals surface area contributed by atoms with Crippen LogP contribution in [0.5, 0.6) is 0 Å². The highest BCUT2D eigenvalue weighted by Gasteiger charge is 2.27. The van der Waals surface area contributed by atoms with E-state index in [2.05, 4.69) is 9.89 Å². The summed E-state index contributed by atoms with van der Waals surface area (Å²) >= 11 is 0. The molecule has 17 heavy (non-hydrogen) atoms. The van der Waals surface area contributed by atoms with E-state index in [0.717, 1.165) is 0 Å². The lowest BCUT2D eigenvalue weighted by Gasteiger charge is -2.22. The Morgan fingerprint density at radius 2 is 1.88 bits per heavy atom. The Labute approximate surface area is 98.6 Å². The first-order chi connectivity index (χ1) is 7.69. The minimum Gasteiger partial charge on any atom is -0.409 e. The molecule has 0 atom stereocenters. The highest BCUT2D eigenvalue weighted by Crippen LogP contribution is 2.23. The van der Waals surface area contributed by atoms with Gasteiger partial charge in [-0.2, -0.15) is 13.2 Å². The molecule has 0 aliphatic carbocycles. The molecule has 0 aromatic heterocycles. The molecule has 7 heteroatoms. The summed E-state index contributed by atoms with van der Waals surface area (Å²) in [6.07, 6.45) is -2.48. The lowest BCUT2D eigenvalue weighted by Crippen LogP contribution is -2.31. The molecule has 0 aliphatic heterocycles. The van der Waals surface area contributed by atoms with Crippen LogP contribution in [0.4, 0.5) is 13.2 Å². The number of hydrogen-bond donors (Lipinski definition) is 2. The fourth-order valence-corrected chi connectivity index (χ4v) is 1.22. The number of amidine groups is 1. The summed E-state index contributed by atoms with van der Waals surface area (Å²) < 4.78 is 39.6. The zero-order chi connectivity index (χ0) is 13.5. The Morgan fingerprint density at radius 1 is 1.29 bits per heavy atom.